The average Bonchev–Trinajstić information content (AvgIpc) is 3.09. The van der Waals surface area contributed by atoms with Crippen LogP contribution < -0.4 is 5.32 Å². The number of piperidine rings is 1. The van der Waals surface area contributed by atoms with Gasteiger partial charge in [0.25, 0.3) is 0 Å². The SMILES string of the molecule is O=C(CN1CCC(n2cncn2)CC1)Nc1cc(C(F)(F)F)ccn1. The molecular weight excluding hydrogens is 337 g/mol. The molecule has 3 heterocycles. The Labute approximate surface area is 141 Å². The number of alkyl halides is 3. The minimum atomic E-state index is -4.47. The minimum absolute atomic E-state index is 0.0997. The Morgan fingerprint density at radius 2 is 2.08 bits per heavy atom. The number of halogens is 3. The highest BCUT2D eigenvalue weighted by molar-refractivity contribution is 5.91. The molecule has 7 nitrogen and oxygen atoms in total. The second-order valence-corrected chi connectivity index (χ2v) is 5.86. The number of hydrogen-bond acceptors (Lipinski definition) is 5. The highest BCUT2D eigenvalue weighted by Crippen LogP contribution is 2.29. The molecule has 25 heavy (non-hydrogen) atoms. The molecule has 0 aliphatic carbocycles. The first-order valence-electron chi connectivity index (χ1n) is 7.81. The summed E-state index contributed by atoms with van der Waals surface area (Å²) < 4.78 is 39.8. The maximum Gasteiger partial charge on any atom is 0.416 e. The summed E-state index contributed by atoms with van der Waals surface area (Å²) in [5.41, 5.74) is -0.841. The van der Waals surface area contributed by atoms with E-state index in [1.165, 1.54) is 6.33 Å². The number of nitrogens with zero attached hydrogens (tertiary/aromatic N) is 5. The van der Waals surface area contributed by atoms with E-state index in [0.717, 1.165) is 31.2 Å². The predicted octanol–water partition coefficient (Wildman–Crippen LogP) is 1.97. The number of anilines is 1. The molecule has 0 radical (unpaired) electrons. The van der Waals surface area contributed by atoms with Crippen molar-refractivity contribution >= 4 is 11.7 Å². The molecule has 10 heteroatoms. The van der Waals surface area contributed by atoms with Crippen LogP contribution in [0.4, 0.5) is 19.0 Å². The van der Waals surface area contributed by atoms with Gasteiger partial charge >= 0.3 is 6.18 Å². The molecule has 0 atom stereocenters. The summed E-state index contributed by atoms with van der Waals surface area (Å²) in [5, 5.41) is 6.54. The lowest BCUT2D eigenvalue weighted by molar-refractivity contribution is -0.137. The highest BCUT2D eigenvalue weighted by Gasteiger charge is 2.31. The standard InChI is InChI=1S/C15H17F3N6O/c16-15(17,18)11-1-4-20-13(7-11)22-14(25)8-23-5-2-12(3-6-23)24-10-19-9-21-24/h1,4,7,9-10,12H,2-3,5-6,8H2,(H,20,22,25). The van der Waals surface area contributed by atoms with Crippen molar-refractivity contribution < 1.29 is 18.0 Å². The van der Waals surface area contributed by atoms with Crippen LogP contribution in [0, 0.1) is 0 Å². The van der Waals surface area contributed by atoms with Gasteiger partial charge in [0, 0.05) is 19.3 Å². The molecule has 0 aromatic carbocycles. The zero-order valence-electron chi connectivity index (χ0n) is 13.3. The molecule has 1 fully saturated rings. The van der Waals surface area contributed by atoms with E-state index in [9.17, 15) is 18.0 Å². The molecule has 0 spiro atoms. The molecule has 3 rings (SSSR count). The van der Waals surface area contributed by atoms with Gasteiger partial charge < -0.3 is 5.32 Å². The monoisotopic (exact) mass is 354 g/mol. The molecule has 0 unspecified atom stereocenters. The van der Waals surface area contributed by atoms with Crippen molar-refractivity contribution in [2.24, 2.45) is 0 Å². The zero-order valence-corrected chi connectivity index (χ0v) is 13.3. The Morgan fingerprint density at radius 1 is 1.32 bits per heavy atom. The van der Waals surface area contributed by atoms with Gasteiger partial charge in [-0.2, -0.15) is 18.3 Å². The number of carbonyl (C=O) groups is 1. The first kappa shape index (κ1) is 17.3. The van der Waals surface area contributed by atoms with Gasteiger partial charge in [0.1, 0.15) is 18.5 Å². The van der Waals surface area contributed by atoms with Crippen LogP contribution in [0.1, 0.15) is 24.4 Å². The fourth-order valence-electron chi connectivity index (χ4n) is 2.81. The Morgan fingerprint density at radius 3 is 2.72 bits per heavy atom. The van der Waals surface area contributed by atoms with Crippen LogP contribution in [0.5, 0.6) is 0 Å². The van der Waals surface area contributed by atoms with Crippen molar-refractivity contribution in [2.45, 2.75) is 25.1 Å². The van der Waals surface area contributed by atoms with Gasteiger partial charge in [-0.1, -0.05) is 0 Å². The number of pyridine rings is 1. The van der Waals surface area contributed by atoms with E-state index in [-0.39, 0.29) is 24.3 Å². The molecule has 0 saturated carbocycles. The van der Waals surface area contributed by atoms with Gasteiger partial charge in [-0.15, -0.1) is 0 Å². The Kier molecular flexibility index (Phi) is 4.98. The van der Waals surface area contributed by atoms with Crippen LogP contribution in [0.3, 0.4) is 0 Å². The van der Waals surface area contributed by atoms with Gasteiger partial charge in [-0.3, -0.25) is 9.69 Å². The van der Waals surface area contributed by atoms with E-state index < -0.39 is 11.7 Å². The lowest BCUT2D eigenvalue weighted by Crippen LogP contribution is -2.39. The van der Waals surface area contributed by atoms with E-state index in [2.05, 4.69) is 20.4 Å². The number of rotatable bonds is 4. The smallest absolute Gasteiger partial charge is 0.310 e. The van der Waals surface area contributed by atoms with E-state index in [1.807, 2.05) is 9.58 Å². The summed E-state index contributed by atoms with van der Waals surface area (Å²) >= 11 is 0. The zero-order chi connectivity index (χ0) is 17.9. The van der Waals surface area contributed by atoms with Gasteiger partial charge in [0.05, 0.1) is 18.2 Å². The van der Waals surface area contributed by atoms with Gasteiger partial charge in [0.15, 0.2) is 0 Å². The molecule has 1 N–H and O–H groups in total. The predicted molar refractivity (Wildman–Crippen MR) is 82.6 cm³/mol. The first-order valence-corrected chi connectivity index (χ1v) is 7.81. The molecule has 134 valence electrons. The summed E-state index contributed by atoms with van der Waals surface area (Å²) in [6, 6.07) is 1.95. The third-order valence-electron chi connectivity index (χ3n) is 4.09. The number of aromatic nitrogens is 4. The van der Waals surface area contributed by atoms with E-state index >= 15 is 0 Å². The molecule has 1 amide bonds. The number of nitrogens with one attached hydrogen (secondary N) is 1. The largest absolute Gasteiger partial charge is 0.416 e. The summed E-state index contributed by atoms with van der Waals surface area (Å²) in [4.78, 5) is 21.7. The second-order valence-electron chi connectivity index (χ2n) is 5.86. The third-order valence-corrected chi connectivity index (χ3v) is 4.09. The molecule has 1 saturated heterocycles. The second kappa shape index (κ2) is 7.18. The van der Waals surface area contributed by atoms with Crippen molar-refractivity contribution in [3.8, 4) is 0 Å². The summed E-state index contributed by atoms with van der Waals surface area (Å²) in [7, 11) is 0. The van der Waals surface area contributed by atoms with Gasteiger partial charge in [-0.25, -0.2) is 14.6 Å². The Hall–Kier alpha value is -2.49. The molecule has 1 aliphatic heterocycles. The average molecular weight is 354 g/mol. The molecular formula is C15H17F3N6O. The summed E-state index contributed by atoms with van der Waals surface area (Å²) in [5.74, 6) is -0.483. The van der Waals surface area contributed by atoms with Crippen LogP contribution in [0.25, 0.3) is 0 Å². The van der Waals surface area contributed by atoms with Crippen LogP contribution in [-0.4, -0.2) is 50.2 Å². The number of carbonyl (C=O) groups excluding carboxylic acids is 1. The van der Waals surface area contributed by atoms with Crippen molar-refractivity contribution in [1.29, 1.82) is 0 Å². The molecule has 2 aromatic rings. The van der Waals surface area contributed by atoms with E-state index in [4.69, 9.17) is 0 Å². The maximum absolute atomic E-state index is 12.7. The maximum atomic E-state index is 12.7. The number of hydrogen-bond donors (Lipinski definition) is 1. The third kappa shape index (κ3) is 4.53. The molecule has 0 bridgehead atoms. The van der Waals surface area contributed by atoms with Crippen LogP contribution in [-0.2, 0) is 11.0 Å². The molecule has 2 aromatic heterocycles. The summed E-state index contributed by atoms with van der Waals surface area (Å²) in [6.07, 6.45) is 1.39. The fraction of sp³-hybridized carbons (Fsp3) is 0.467. The lowest BCUT2D eigenvalue weighted by Gasteiger charge is -2.31. The van der Waals surface area contributed by atoms with Crippen LogP contribution in [0.2, 0.25) is 0 Å². The quantitative estimate of drug-likeness (QED) is 0.908. The summed E-state index contributed by atoms with van der Waals surface area (Å²) in [6.45, 7) is 1.52. The first-order chi connectivity index (χ1) is 11.9. The van der Waals surface area contributed by atoms with E-state index in [1.54, 1.807) is 6.33 Å². The van der Waals surface area contributed by atoms with Gasteiger partial charge in [0.2, 0.25) is 5.91 Å². The number of amides is 1. The normalized spacial score (nSPS) is 16.8. The minimum Gasteiger partial charge on any atom is -0.310 e. The Balaban J connectivity index is 1.50. The number of likely N-dealkylation sites (tertiary alicyclic amines) is 1. The fourth-order valence-corrected chi connectivity index (χ4v) is 2.81. The van der Waals surface area contributed by atoms with Gasteiger partial charge in [-0.05, 0) is 25.0 Å². The van der Waals surface area contributed by atoms with Crippen LogP contribution in [0.15, 0.2) is 31.0 Å². The van der Waals surface area contributed by atoms with Crippen molar-refractivity contribution in [3.05, 3.63) is 36.5 Å². The topological polar surface area (TPSA) is 75.9 Å². The van der Waals surface area contributed by atoms with E-state index in [0.29, 0.717) is 13.1 Å². The van der Waals surface area contributed by atoms with Crippen molar-refractivity contribution in [2.75, 3.05) is 25.0 Å². The van der Waals surface area contributed by atoms with Crippen molar-refractivity contribution in [3.63, 3.8) is 0 Å². The highest BCUT2D eigenvalue weighted by atomic mass is 19.4. The lowest BCUT2D eigenvalue weighted by atomic mass is 10.1. The Bertz CT molecular complexity index is 710. The molecule has 1 aliphatic rings. The van der Waals surface area contributed by atoms with Crippen molar-refractivity contribution in [1.82, 2.24) is 24.6 Å². The van der Waals surface area contributed by atoms with Crippen LogP contribution >= 0.6 is 0 Å².